The Kier molecular flexibility index (Phi) is 3.05. The van der Waals surface area contributed by atoms with Crippen LogP contribution in [-0.4, -0.2) is 5.97 Å². The Morgan fingerprint density at radius 1 is 1.00 bits per heavy atom. The molecular formula is C18H13NO2S. The molecule has 0 aromatic heterocycles. The van der Waals surface area contributed by atoms with Gasteiger partial charge in [0.15, 0.2) is 0 Å². The molecule has 1 aliphatic rings. The van der Waals surface area contributed by atoms with Crippen molar-refractivity contribution in [1.29, 1.82) is 0 Å². The Balaban J connectivity index is 1.95. The predicted octanol–water partition coefficient (Wildman–Crippen LogP) is 4.97. The van der Waals surface area contributed by atoms with Crippen LogP contribution in [0.1, 0.15) is 6.92 Å². The number of benzene rings is 3. The van der Waals surface area contributed by atoms with Gasteiger partial charge in [0.2, 0.25) is 0 Å². The number of rotatable bonds is 1. The number of hydrogen-bond acceptors (Lipinski definition) is 4. The maximum atomic E-state index is 11.4. The summed E-state index contributed by atoms with van der Waals surface area (Å²) in [6, 6.07) is 18.1. The first kappa shape index (κ1) is 13.2. The van der Waals surface area contributed by atoms with Crippen LogP contribution in [0, 0.1) is 0 Å². The van der Waals surface area contributed by atoms with E-state index in [0.717, 1.165) is 27.0 Å². The lowest BCUT2D eigenvalue weighted by molar-refractivity contribution is -0.131. The Morgan fingerprint density at radius 3 is 2.55 bits per heavy atom. The standard InChI is InChI=1S/C18H13NO2S/c1-11(20)21-15-10-17-18(13-7-3-2-6-12(13)15)19-14-8-4-5-9-16(14)22-17/h2-10,19H,1H3. The lowest BCUT2D eigenvalue weighted by Gasteiger charge is -2.23. The smallest absolute Gasteiger partial charge is 0.308 e. The van der Waals surface area contributed by atoms with Crippen molar-refractivity contribution < 1.29 is 9.53 Å². The fourth-order valence-electron chi connectivity index (χ4n) is 2.68. The van der Waals surface area contributed by atoms with E-state index in [9.17, 15) is 4.79 Å². The van der Waals surface area contributed by atoms with Gasteiger partial charge >= 0.3 is 5.97 Å². The van der Waals surface area contributed by atoms with Gasteiger partial charge in [-0.1, -0.05) is 48.2 Å². The van der Waals surface area contributed by atoms with Crippen molar-refractivity contribution in [1.82, 2.24) is 0 Å². The predicted molar refractivity (Wildman–Crippen MR) is 89.1 cm³/mol. The number of hydrogen-bond donors (Lipinski definition) is 1. The molecule has 0 amide bonds. The van der Waals surface area contributed by atoms with Gasteiger partial charge in [0.25, 0.3) is 0 Å². The number of fused-ring (bicyclic) bond motifs is 4. The summed E-state index contributed by atoms with van der Waals surface area (Å²) in [6.07, 6.45) is 0. The van der Waals surface area contributed by atoms with Gasteiger partial charge < -0.3 is 10.1 Å². The van der Waals surface area contributed by atoms with Crippen LogP contribution < -0.4 is 10.1 Å². The second-order valence-electron chi connectivity index (χ2n) is 5.11. The summed E-state index contributed by atoms with van der Waals surface area (Å²) in [4.78, 5) is 13.6. The average Bonchev–Trinajstić information content (AvgIpc) is 2.53. The second kappa shape index (κ2) is 5.07. The number of carbonyl (C=O) groups excluding carboxylic acids is 1. The van der Waals surface area contributed by atoms with E-state index in [4.69, 9.17) is 4.74 Å². The number of nitrogens with one attached hydrogen (secondary N) is 1. The zero-order chi connectivity index (χ0) is 15.1. The first-order valence-electron chi connectivity index (χ1n) is 7.00. The SMILES string of the molecule is CC(=O)Oc1cc2c(c3ccccc13)Nc1ccccc1S2. The molecular weight excluding hydrogens is 294 g/mol. The van der Waals surface area contributed by atoms with Crippen LogP contribution in [0.15, 0.2) is 64.4 Å². The van der Waals surface area contributed by atoms with Crippen molar-refractivity contribution in [3.63, 3.8) is 0 Å². The van der Waals surface area contributed by atoms with Crippen molar-refractivity contribution in [3.05, 3.63) is 54.6 Å². The van der Waals surface area contributed by atoms with Gasteiger partial charge in [-0.15, -0.1) is 0 Å². The van der Waals surface area contributed by atoms with Gasteiger partial charge in [-0.25, -0.2) is 0 Å². The Hall–Kier alpha value is -2.46. The van der Waals surface area contributed by atoms with Crippen LogP contribution in [0.25, 0.3) is 10.8 Å². The molecule has 0 saturated carbocycles. The van der Waals surface area contributed by atoms with Crippen molar-refractivity contribution in [2.24, 2.45) is 0 Å². The summed E-state index contributed by atoms with van der Waals surface area (Å²) >= 11 is 1.68. The van der Waals surface area contributed by atoms with Crippen LogP contribution in [0.2, 0.25) is 0 Å². The molecule has 1 N–H and O–H groups in total. The fourth-order valence-corrected chi connectivity index (χ4v) is 3.72. The molecule has 1 aliphatic heterocycles. The highest BCUT2D eigenvalue weighted by Gasteiger charge is 2.20. The molecule has 0 spiro atoms. The third-order valence-corrected chi connectivity index (χ3v) is 4.71. The highest BCUT2D eigenvalue weighted by atomic mass is 32.2. The Bertz CT molecular complexity index is 905. The summed E-state index contributed by atoms with van der Waals surface area (Å²) < 4.78 is 5.40. The molecule has 0 bridgehead atoms. The fraction of sp³-hybridized carbons (Fsp3) is 0.0556. The third kappa shape index (κ3) is 2.12. The van der Waals surface area contributed by atoms with Crippen molar-refractivity contribution in [2.45, 2.75) is 16.7 Å². The summed E-state index contributed by atoms with van der Waals surface area (Å²) in [5.74, 6) is 0.301. The molecule has 4 heteroatoms. The monoisotopic (exact) mass is 307 g/mol. The number of ether oxygens (including phenoxy) is 1. The van der Waals surface area contributed by atoms with Crippen LogP contribution in [0.3, 0.4) is 0 Å². The molecule has 4 rings (SSSR count). The highest BCUT2D eigenvalue weighted by molar-refractivity contribution is 7.99. The van der Waals surface area contributed by atoms with Gasteiger partial charge in [-0.05, 0) is 18.2 Å². The molecule has 0 aliphatic carbocycles. The van der Waals surface area contributed by atoms with Gasteiger partial charge in [0.1, 0.15) is 5.75 Å². The van der Waals surface area contributed by atoms with E-state index in [1.165, 1.54) is 11.8 Å². The van der Waals surface area contributed by atoms with Crippen molar-refractivity contribution in [2.75, 3.05) is 5.32 Å². The van der Waals surface area contributed by atoms with Crippen LogP contribution in [0.5, 0.6) is 5.75 Å². The van der Waals surface area contributed by atoms with Gasteiger partial charge in [-0.2, -0.15) is 0 Å². The molecule has 22 heavy (non-hydrogen) atoms. The normalized spacial score (nSPS) is 12.2. The van der Waals surface area contributed by atoms with E-state index in [1.807, 2.05) is 42.5 Å². The van der Waals surface area contributed by atoms with E-state index < -0.39 is 0 Å². The van der Waals surface area contributed by atoms with Crippen molar-refractivity contribution in [3.8, 4) is 5.75 Å². The third-order valence-electron chi connectivity index (χ3n) is 3.59. The molecule has 0 fully saturated rings. The minimum Gasteiger partial charge on any atom is -0.426 e. The molecule has 0 saturated heterocycles. The van der Waals surface area contributed by atoms with Crippen LogP contribution in [0.4, 0.5) is 11.4 Å². The minimum absolute atomic E-state index is 0.306. The summed E-state index contributed by atoms with van der Waals surface area (Å²) in [6.45, 7) is 1.43. The Labute approximate surface area is 132 Å². The zero-order valence-electron chi connectivity index (χ0n) is 11.9. The van der Waals surface area contributed by atoms with E-state index in [0.29, 0.717) is 5.75 Å². The zero-order valence-corrected chi connectivity index (χ0v) is 12.7. The van der Waals surface area contributed by atoms with E-state index >= 15 is 0 Å². The number of anilines is 2. The first-order valence-corrected chi connectivity index (χ1v) is 7.82. The molecule has 3 aromatic rings. The average molecular weight is 307 g/mol. The number of para-hydroxylation sites is 1. The maximum absolute atomic E-state index is 11.4. The summed E-state index contributed by atoms with van der Waals surface area (Å²) in [5, 5.41) is 5.49. The van der Waals surface area contributed by atoms with Crippen LogP contribution in [-0.2, 0) is 4.79 Å². The van der Waals surface area contributed by atoms with Gasteiger partial charge in [0, 0.05) is 27.5 Å². The largest absolute Gasteiger partial charge is 0.426 e. The molecule has 0 radical (unpaired) electrons. The van der Waals surface area contributed by atoms with E-state index in [-0.39, 0.29) is 5.97 Å². The first-order chi connectivity index (χ1) is 10.7. The maximum Gasteiger partial charge on any atom is 0.308 e. The molecule has 108 valence electrons. The summed E-state index contributed by atoms with van der Waals surface area (Å²) in [7, 11) is 0. The second-order valence-corrected chi connectivity index (χ2v) is 6.19. The van der Waals surface area contributed by atoms with E-state index in [2.05, 4.69) is 17.4 Å². The number of carbonyl (C=O) groups is 1. The summed E-state index contributed by atoms with van der Waals surface area (Å²) in [5.41, 5.74) is 2.17. The molecule has 3 nitrogen and oxygen atoms in total. The lowest BCUT2D eigenvalue weighted by atomic mass is 10.1. The Morgan fingerprint density at radius 2 is 1.73 bits per heavy atom. The lowest BCUT2D eigenvalue weighted by Crippen LogP contribution is -2.05. The van der Waals surface area contributed by atoms with Crippen molar-refractivity contribution >= 4 is 39.9 Å². The van der Waals surface area contributed by atoms with Crippen LogP contribution >= 0.6 is 11.8 Å². The molecule has 0 atom stereocenters. The van der Waals surface area contributed by atoms with Gasteiger partial charge in [-0.3, -0.25) is 4.79 Å². The minimum atomic E-state index is -0.306. The molecule has 3 aromatic carbocycles. The molecule has 0 unspecified atom stereocenters. The van der Waals surface area contributed by atoms with E-state index in [1.54, 1.807) is 11.8 Å². The number of esters is 1. The molecule has 1 heterocycles. The quantitative estimate of drug-likeness (QED) is 0.398. The van der Waals surface area contributed by atoms with Gasteiger partial charge in [0.05, 0.1) is 11.4 Å². The highest BCUT2D eigenvalue weighted by Crippen LogP contribution is 2.49. The topological polar surface area (TPSA) is 38.3 Å².